The minimum Gasteiger partial charge on any atom is -0.378 e. The Bertz CT molecular complexity index is 630. The van der Waals surface area contributed by atoms with Crippen LogP contribution in [0.5, 0.6) is 0 Å². The third-order valence-corrected chi connectivity index (χ3v) is 2.90. The first kappa shape index (κ1) is 13.8. The zero-order valence-corrected chi connectivity index (χ0v) is 11.6. The van der Waals surface area contributed by atoms with Gasteiger partial charge in [-0.1, -0.05) is 18.2 Å². The molecule has 0 bridgehead atoms. The van der Waals surface area contributed by atoms with Crippen LogP contribution in [0.25, 0.3) is 0 Å². The fraction of sp³-hybridized carbons (Fsp3) is 0.125. The maximum atomic E-state index is 11.1. The van der Waals surface area contributed by atoms with E-state index in [1.807, 2.05) is 49.3 Å². The normalized spacial score (nSPS) is 10.7. The first-order valence-corrected chi connectivity index (χ1v) is 6.27. The molecular weight excluding hydrogens is 250 g/mol. The van der Waals surface area contributed by atoms with E-state index >= 15 is 0 Å². The number of aliphatic imine (C=N–C) groups is 1. The Morgan fingerprint density at radius 2 is 1.85 bits per heavy atom. The number of benzene rings is 2. The second-order valence-electron chi connectivity index (χ2n) is 4.66. The first-order chi connectivity index (χ1) is 9.56. The molecule has 0 saturated heterocycles. The van der Waals surface area contributed by atoms with Gasteiger partial charge >= 0.3 is 0 Å². The lowest BCUT2D eigenvalue weighted by molar-refractivity contribution is 0.100. The maximum Gasteiger partial charge on any atom is 0.248 e. The van der Waals surface area contributed by atoms with E-state index < -0.39 is 5.91 Å². The molecule has 0 radical (unpaired) electrons. The maximum absolute atomic E-state index is 11.1. The molecule has 0 spiro atoms. The van der Waals surface area contributed by atoms with E-state index in [4.69, 9.17) is 5.73 Å². The zero-order chi connectivity index (χ0) is 14.5. The van der Waals surface area contributed by atoms with Gasteiger partial charge in [-0.15, -0.1) is 0 Å². The van der Waals surface area contributed by atoms with Crippen molar-refractivity contribution in [2.75, 3.05) is 19.0 Å². The van der Waals surface area contributed by atoms with Crippen LogP contribution in [0.2, 0.25) is 0 Å². The lowest BCUT2D eigenvalue weighted by Crippen LogP contribution is -2.10. The van der Waals surface area contributed by atoms with Crippen LogP contribution < -0.4 is 10.6 Å². The lowest BCUT2D eigenvalue weighted by atomic mass is 10.2. The number of hydrogen-bond acceptors (Lipinski definition) is 3. The molecular formula is C16H17N3O. The highest BCUT2D eigenvalue weighted by atomic mass is 16.1. The molecule has 0 unspecified atom stereocenters. The minimum absolute atomic E-state index is 0.447. The van der Waals surface area contributed by atoms with Crippen molar-refractivity contribution in [2.24, 2.45) is 10.7 Å². The number of nitrogens with zero attached hydrogens (tertiary/aromatic N) is 2. The Labute approximate surface area is 118 Å². The quantitative estimate of drug-likeness (QED) is 0.866. The van der Waals surface area contributed by atoms with Gasteiger partial charge in [-0.05, 0) is 35.9 Å². The summed E-state index contributed by atoms with van der Waals surface area (Å²) in [6.07, 6.45) is 1.76. The highest BCUT2D eigenvalue weighted by Gasteiger charge is 2.00. The molecule has 0 saturated carbocycles. The number of primary amides is 1. The van der Waals surface area contributed by atoms with E-state index in [0.717, 1.165) is 11.3 Å². The van der Waals surface area contributed by atoms with Gasteiger partial charge in [0.2, 0.25) is 5.91 Å². The number of anilines is 1. The Morgan fingerprint density at radius 1 is 1.15 bits per heavy atom. The van der Waals surface area contributed by atoms with Gasteiger partial charge in [0.05, 0.1) is 5.69 Å². The van der Waals surface area contributed by atoms with Crippen LogP contribution >= 0.6 is 0 Å². The predicted octanol–water partition coefficient (Wildman–Crippen LogP) is 2.60. The van der Waals surface area contributed by atoms with Gasteiger partial charge in [0.1, 0.15) is 0 Å². The summed E-state index contributed by atoms with van der Waals surface area (Å²) in [7, 11) is 4.00. The monoisotopic (exact) mass is 267 g/mol. The SMILES string of the molecule is CN(C)c1ccc(C=Nc2cccc(C(N)=O)c2)cc1. The van der Waals surface area contributed by atoms with Gasteiger partial charge < -0.3 is 10.6 Å². The highest BCUT2D eigenvalue weighted by molar-refractivity contribution is 5.94. The van der Waals surface area contributed by atoms with Crippen LogP contribution in [0.1, 0.15) is 15.9 Å². The second-order valence-corrected chi connectivity index (χ2v) is 4.66. The fourth-order valence-corrected chi connectivity index (χ4v) is 1.75. The van der Waals surface area contributed by atoms with Gasteiger partial charge in [-0.3, -0.25) is 9.79 Å². The molecule has 0 heterocycles. The molecule has 2 rings (SSSR count). The predicted molar refractivity (Wildman–Crippen MR) is 83.0 cm³/mol. The Balaban J connectivity index is 2.16. The lowest BCUT2D eigenvalue weighted by Gasteiger charge is -2.11. The molecule has 1 amide bonds. The van der Waals surface area contributed by atoms with Crippen molar-refractivity contribution in [3.05, 3.63) is 59.7 Å². The number of hydrogen-bond donors (Lipinski definition) is 1. The third kappa shape index (κ3) is 3.45. The van der Waals surface area contributed by atoms with E-state index in [-0.39, 0.29) is 0 Å². The van der Waals surface area contributed by atoms with Crippen LogP contribution in [-0.2, 0) is 0 Å². The second kappa shape index (κ2) is 6.02. The number of amides is 1. The number of carbonyl (C=O) groups is 1. The molecule has 0 atom stereocenters. The number of nitrogens with two attached hydrogens (primary N) is 1. The number of rotatable bonds is 4. The third-order valence-electron chi connectivity index (χ3n) is 2.90. The zero-order valence-electron chi connectivity index (χ0n) is 11.6. The molecule has 4 nitrogen and oxygen atoms in total. The van der Waals surface area contributed by atoms with Gasteiger partial charge in [-0.25, -0.2) is 0 Å². The van der Waals surface area contributed by atoms with Crippen LogP contribution in [-0.4, -0.2) is 26.2 Å². The van der Waals surface area contributed by atoms with E-state index in [0.29, 0.717) is 11.3 Å². The standard InChI is InChI=1S/C16H17N3O/c1-19(2)15-8-6-12(7-9-15)11-18-14-5-3-4-13(10-14)16(17)20/h3-11H,1-2H3,(H2,17,20). The molecule has 20 heavy (non-hydrogen) atoms. The largest absolute Gasteiger partial charge is 0.378 e. The number of carbonyl (C=O) groups excluding carboxylic acids is 1. The van der Waals surface area contributed by atoms with E-state index in [1.165, 1.54) is 0 Å². The summed E-state index contributed by atoms with van der Waals surface area (Å²) in [4.78, 5) is 17.5. The van der Waals surface area contributed by atoms with Crippen molar-refractivity contribution >= 4 is 23.5 Å². The minimum atomic E-state index is -0.447. The smallest absolute Gasteiger partial charge is 0.248 e. The fourth-order valence-electron chi connectivity index (χ4n) is 1.75. The molecule has 0 aliphatic heterocycles. The summed E-state index contributed by atoms with van der Waals surface area (Å²) >= 11 is 0. The molecule has 4 heteroatoms. The van der Waals surface area contributed by atoms with Gasteiger partial charge in [0.25, 0.3) is 0 Å². The van der Waals surface area contributed by atoms with Crippen molar-refractivity contribution in [3.8, 4) is 0 Å². The van der Waals surface area contributed by atoms with E-state index in [9.17, 15) is 4.79 Å². The average Bonchev–Trinajstić information content (AvgIpc) is 2.46. The molecule has 2 aromatic rings. The summed E-state index contributed by atoms with van der Waals surface area (Å²) in [6, 6.07) is 15.0. The topological polar surface area (TPSA) is 58.7 Å². The van der Waals surface area contributed by atoms with Crippen LogP contribution in [0.3, 0.4) is 0 Å². The van der Waals surface area contributed by atoms with E-state index in [1.54, 1.807) is 24.4 Å². The van der Waals surface area contributed by atoms with Crippen molar-refractivity contribution in [1.29, 1.82) is 0 Å². The van der Waals surface area contributed by atoms with Crippen molar-refractivity contribution in [1.82, 2.24) is 0 Å². The van der Waals surface area contributed by atoms with Crippen molar-refractivity contribution in [2.45, 2.75) is 0 Å². The highest BCUT2D eigenvalue weighted by Crippen LogP contribution is 2.15. The first-order valence-electron chi connectivity index (χ1n) is 6.27. The summed E-state index contributed by atoms with van der Waals surface area (Å²) < 4.78 is 0. The summed E-state index contributed by atoms with van der Waals surface area (Å²) in [5.41, 5.74) is 8.54. The molecule has 0 aromatic heterocycles. The van der Waals surface area contributed by atoms with Crippen LogP contribution in [0.4, 0.5) is 11.4 Å². The average molecular weight is 267 g/mol. The Morgan fingerprint density at radius 3 is 2.45 bits per heavy atom. The summed E-state index contributed by atoms with van der Waals surface area (Å²) in [6.45, 7) is 0. The molecule has 2 aromatic carbocycles. The van der Waals surface area contributed by atoms with Gasteiger partial charge in [0, 0.05) is 31.6 Å². The molecule has 0 aliphatic carbocycles. The Hall–Kier alpha value is -2.62. The van der Waals surface area contributed by atoms with Gasteiger partial charge in [-0.2, -0.15) is 0 Å². The van der Waals surface area contributed by atoms with E-state index in [2.05, 4.69) is 4.99 Å². The summed E-state index contributed by atoms with van der Waals surface area (Å²) in [5, 5.41) is 0. The van der Waals surface area contributed by atoms with Crippen molar-refractivity contribution in [3.63, 3.8) is 0 Å². The Kier molecular flexibility index (Phi) is 4.15. The summed E-state index contributed by atoms with van der Waals surface area (Å²) in [5.74, 6) is -0.447. The molecule has 102 valence electrons. The molecule has 2 N–H and O–H groups in total. The van der Waals surface area contributed by atoms with Crippen LogP contribution in [0, 0.1) is 0 Å². The van der Waals surface area contributed by atoms with Crippen LogP contribution in [0.15, 0.2) is 53.5 Å². The van der Waals surface area contributed by atoms with Gasteiger partial charge in [0.15, 0.2) is 0 Å². The van der Waals surface area contributed by atoms with Crippen molar-refractivity contribution < 1.29 is 4.79 Å². The molecule has 0 fully saturated rings. The molecule has 0 aliphatic rings.